The van der Waals surface area contributed by atoms with Crippen LogP contribution in [0.15, 0.2) is 12.1 Å². The molecule has 1 rings (SSSR count). The Morgan fingerprint density at radius 3 is 2.55 bits per heavy atom. The van der Waals surface area contributed by atoms with Gasteiger partial charge in [0.05, 0.1) is 22.1 Å². The van der Waals surface area contributed by atoms with E-state index >= 15 is 0 Å². The standard InChI is InChI=1S/C12H14Cl2N2O4/c1-12(2,6-20-3)15-11(17)7-4-8(13)10(14)9(5-7)16(18)19/h4-5H,6H2,1-3H3,(H,15,17). The molecule has 0 aliphatic rings. The molecule has 0 spiro atoms. The van der Waals surface area contributed by atoms with Crippen molar-refractivity contribution in [2.24, 2.45) is 0 Å². The Morgan fingerprint density at radius 2 is 2.05 bits per heavy atom. The van der Waals surface area contributed by atoms with Gasteiger partial charge in [-0.2, -0.15) is 0 Å². The molecule has 1 N–H and O–H groups in total. The van der Waals surface area contributed by atoms with Crippen LogP contribution in [-0.2, 0) is 4.74 Å². The van der Waals surface area contributed by atoms with Gasteiger partial charge in [-0.15, -0.1) is 0 Å². The Bertz CT molecular complexity index is 547. The summed E-state index contributed by atoms with van der Waals surface area (Å²) in [7, 11) is 1.51. The van der Waals surface area contributed by atoms with E-state index < -0.39 is 22.1 Å². The van der Waals surface area contributed by atoms with Crippen LogP contribution in [0.5, 0.6) is 0 Å². The van der Waals surface area contributed by atoms with E-state index in [9.17, 15) is 14.9 Å². The largest absolute Gasteiger partial charge is 0.382 e. The van der Waals surface area contributed by atoms with Crippen LogP contribution in [0.3, 0.4) is 0 Å². The number of ether oxygens (including phenoxy) is 1. The van der Waals surface area contributed by atoms with Crippen LogP contribution >= 0.6 is 23.2 Å². The van der Waals surface area contributed by atoms with Gasteiger partial charge in [-0.25, -0.2) is 0 Å². The Labute approximate surface area is 126 Å². The number of benzene rings is 1. The lowest BCUT2D eigenvalue weighted by atomic mass is 10.1. The van der Waals surface area contributed by atoms with E-state index in [4.69, 9.17) is 27.9 Å². The second-order valence-electron chi connectivity index (χ2n) is 4.82. The monoisotopic (exact) mass is 320 g/mol. The molecule has 1 aromatic carbocycles. The van der Waals surface area contributed by atoms with E-state index in [1.54, 1.807) is 13.8 Å². The van der Waals surface area contributed by atoms with Crippen molar-refractivity contribution in [1.29, 1.82) is 0 Å². The predicted molar refractivity (Wildman–Crippen MR) is 76.5 cm³/mol. The van der Waals surface area contributed by atoms with Crippen molar-refractivity contribution >= 4 is 34.8 Å². The molecule has 0 aromatic heterocycles. The lowest BCUT2D eigenvalue weighted by Crippen LogP contribution is -2.46. The molecule has 0 bridgehead atoms. The van der Waals surface area contributed by atoms with Crippen molar-refractivity contribution in [3.8, 4) is 0 Å². The average molecular weight is 321 g/mol. The number of halogens is 2. The molecule has 0 atom stereocenters. The molecular weight excluding hydrogens is 307 g/mol. The molecule has 8 heteroatoms. The molecule has 0 heterocycles. The quantitative estimate of drug-likeness (QED) is 0.667. The first-order valence-electron chi connectivity index (χ1n) is 5.63. The smallest absolute Gasteiger partial charge is 0.290 e. The van der Waals surface area contributed by atoms with Crippen LogP contribution in [-0.4, -0.2) is 30.1 Å². The van der Waals surface area contributed by atoms with Gasteiger partial charge in [0.1, 0.15) is 5.02 Å². The van der Waals surface area contributed by atoms with Crippen LogP contribution in [0.4, 0.5) is 5.69 Å². The fraction of sp³-hybridized carbons (Fsp3) is 0.417. The van der Waals surface area contributed by atoms with Gasteiger partial charge in [0.2, 0.25) is 0 Å². The number of rotatable bonds is 5. The second-order valence-corrected chi connectivity index (χ2v) is 5.60. The van der Waals surface area contributed by atoms with E-state index in [-0.39, 0.29) is 15.6 Å². The molecule has 110 valence electrons. The molecule has 0 saturated carbocycles. The average Bonchev–Trinajstić information content (AvgIpc) is 2.31. The van der Waals surface area contributed by atoms with Gasteiger partial charge in [0.15, 0.2) is 0 Å². The molecule has 6 nitrogen and oxygen atoms in total. The van der Waals surface area contributed by atoms with Crippen molar-refractivity contribution in [2.75, 3.05) is 13.7 Å². The zero-order valence-corrected chi connectivity index (χ0v) is 12.7. The molecule has 0 aliphatic carbocycles. The van der Waals surface area contributed by atoms with Crippen LogP contribution < -0.4 is 5.32 Å². The molecule has 0 unspecified atom stereocenters. The summed E-state index contributed by atoms with van der Waals surface area (Å²) in [5, 5.41) is 13.3. The van der Waals surface area contributed by atoms with E-state index in [0.29, 0.717) is 6.61 Å². The zero-order chi connectivity index (χ0) is 15.5. The molecule has 20 heavy (non-hydrogen) atoms. The predicted octanol–water partition coefficient (Wildman–Crippen LogP) is 3.06. The number of nitrogens with zero attached hydrogens (tertiary/aromatic N) is 1. The van der Waals surface area contributed by atoms with Crippen LogP contribution in [0.25, 0.3) is 0 Å². The van der Waals surface area contributed by atoms with Crippen LogP contribution in [0.2, 0.25) is 10.0 Å². The van der Waals surface area contributed by atoms with E-state index in [1.165, 1.54) is 13.2 Å². The third kappa shape index (κ3) is 4.06. The molecule has 0 aliphatic heterocycles. The van der Waals surface area contributed by atoms with Crippen molar-refractivity contribution in [3.63, 3.8) is 0 Å². The lowest BCUT2D eigenvalue weighted by Gasteiger charge is -2.25. The summed E-state index contributed by atoms with van der Waals surface area (Å²) in [6, 6.07) is 2.38. The maximum Gasteiger partial charge on any atom is 0.290 e. The molecule has 0 radical (unpaired) electrons. The van der Waals surface area contributed by atoms with Gasteiger partial charge < -0.3 is 10.1 Å². The van der Waals surface area contributed by atoms with Gasteiger partial charge in [-0.3, -0.25) is 14.9 Å². The van der Waals surface area contributed by atoms with Gasteiger partial charge in [0.25, 0.3) is 11.6 Å². The maximum absolute atomic E-state index is 12.1. The molecule has 1 aromatic rings. The Morgan fingerprint density at radius 1 is 1.45 bits per heavy atom. The number of amides is 1. The first kappa shape index (κ1) is 16.7. The highest BCUT2D eigenvalue weighted by Crippen LogP contribution is 2.33. The number of nitro benzene ring substituents is 1. The maximum atomic E-state index is 12.1. The highest BCUT2D eigenvalue weighted by atomic mass is 35.5. The first-order valence-corrected chi connectivity index (χ1v) is 6.38. The van der Waals surface area contributed by atoms with Crippen molar-refractivity contribution < 1.29 is 14.5 Å². The molecule has 1 amide bonds. The number of methoxy groups -OCH3 is 1. The van der Waals surface area contributed by atoms with E-state index in [2.05, 4.69) is 5.32 Å². The molecule has 0 fully saturated rings. The van der Waals surface area contributed by atoms with Crippen molar-refractivity contribution in [3.05, 3.63) is 37.9 Å². The third-order valence-electron chi connectivity index (χ3n) is 2.42. The Balaban J connectivity index is 3.09. The van der Waals surface area contributed by atoms with Gasteiger partial charge in [0, 0.05) is 18.7 Å². The van der Waals surface area contributed by atoms with Gasteiger partial charge in [-0.1, -0.05) is 23.2 Å². The summed E-state index contributed by atoms with van der Waals surface area (Å²) >= 11 is 11.5. The Kier molecular flexibility index (Phi) is 5.33. The Hall–Kier alpha value is -1.37. The zero-order valence-electron chi connectivity index (χ0n) is 11.2. The lowest BCUT2D eigenvalue weighted by molar-refractivity contribution is -0.384. The van der Waals surface area contributed by atoms with Gasteiger partial charge >= 0.3 is 0 Å². The van der Waals surface area contributed by atoms with Crippen molar-refractivity contribution in [1.82, 2.24) is 5.32 Å². The SMILES string of the molecule is COCC(C)(C)NC(=O)c1cc(Cl)c(Cl)c([N+](=O)[O-])c1. The normalized spacial score (nSPS) is 11.2. The number of nitro groups is 1. The van der Waals surface area contributed by atoms with Crippen molar-refractivity contribution in [2.45, 2.75) is 19.4 Å². The number of nitrogens with one attached hydrogen (secondary N) is 1. The summed E-state index contributed by atoms with van der Waals surface area (Å²) in [6.07, 6.45) is 0. The van der Waals surface area contributed by atoms with E-state index in [0.717, 1.165) is 6.07 Å². The highest BCUT2D eigenvalue weighted by molar-refractivity contribution is 6.43. The summed E-state index contributed by atoms with van der Waals surface area (Å²) in [5.41, 5.74) is -0.962. The summed E-state index contributed by atoms with van der Waals surface area (Å²) in [6.45, 7) is 3.82. The third-order valence-corrected chi connectivity index (χ3v) is 3.22. The molecule has 0 saturated heterocycles. The topological polar surface area (TPSA) is 81.5 Å². The fourth-order valence-electron chi connectivity index (χ4n) is 1.61. The minimum atomic E-state index is -0.689. The minimum absolute atomic E-state index is 0.0458. The number of carbonyl (C=O) groups is 1. The van der Waals surface area contributed by atoms with E-state index in [1.807, 2.05) is 0 Å². The van der Waals surface area contributed by atoms with Crippen LogP contribution in [0, 0.1) is 10.1 Å². The minimum Gasteiger partial charge on any atom is -0.382 e. The second kappa shape index (κ2) is 6.39. The number of carbonyl (C=O) groups excluding carboxylic acids is 1. The number of hydrogen-bond acceptors (Lipinski definition) is 4. The first-order chi connectivity index (χ1) is 9.18. The summed E-state index contributed by atoms with van der Waals surface area (Å²) in [4.78, 5) is 22.2. The van der Waals surface area contributed by atoms with Gasteiger partial charge in [-0.05, 0) is 19.9 Å². The highest BCUT2D eigenvalue weighted by Gasteiger charge is 2.24. The molecular formula is C12H14Cl2N2O4. The summed E-state index contributed by atoms with van der Waals surface area (Å²) in [5.74, 6) is -0.492. The summed E-state index contributed by atoms with van der Waals surface area (Å²) < 4.78 is 4.98. The fourth-order valence-corrected chi connectivity index (χ4v) is 2.01. The van der Waals surface area contributed by atoms with Crippen LogP contribution in [0.1, 0.15) is 24.2 Å². The number of hydrogen-bond donors (Lipinski definition) is 1.